The molecule has 25 heavy (non-hydrogen) atoms. The van der Waals surface area contributed by atoms with E-state index in [1.807, 2.05) is 19.1 Å². The zero-order valence-electron chi connectivity index (χ0n) is 15.0. The second-order valence-electron chi connectivity index (χ2n) is 5.65. The van der Waals surface area contributed by atoms with Crippen LogP contribution in [0.4, 0.5) is 0 Å². The number of nitrogens with zero attached hydrogens (tertiary/aromatic N) is 3. The van der Waals surface area contributed by atoms with Crippen LogP contribution in [0.3, 0.4) is 0 Å². The second-order valence-corrected chi connectivity index (χ2v) is 5.65. The molecule has 1 N–H and O–H groups in total. The zero-order chi connectivity index (χ0) is 17.4. The molecule has 1 aromatic heterocycles. The van der Waals surface area contributed by atoms with Crippen molar-refractivity contribution in [2.75, 3.05) is 33.9 Å². The smallest absolute Gasteiger partial charge is 0.310 e. The number of guanidine groups is 1. The number of rotatable bonds is 5. The Hall–Kier alpha value is -1.58. The van der Waals surface area contributed by atoms with Gasteiger partial charge >= 0.3 is 5.97 Å². The van der Waals surface area contributed by atoms with Gasteiger partial charge in [0.15, 0.2) is 5.96 Å². The van der Waals surface area contributed by atoms with Gasteiger partial charge in [0, 0.05) is 38.9 Å². The monoisotopic (exact) mass is 462 g/mol. The molecule has 0 aliphatic carbocycles. The van der Waals surface area contributed by atoms with Gasteiger partial charge in [-0.05, 0) is 25.3 Å². The lowest BCUT2D eigenvalue weighted by Gasteiger charge is -2.33. The predicted molar refractivity (Wildman–Crippen MR) is 107 cm³/mol. The summed E-state index contributed by atoms with van der Waals surface area (Å²) in [5.74, 6) is 1.19. The van der Waals surface area contributed by atoms with Crippen LogP contribution in [0, 0.1) is 5.92 Å². The Balaban J connectivity index is 0.00000312. The van der Waals surface area contributed by atoms with E-state index in [0.29, 0.717) is 25.6 Å². The lowest BCUT2D eigenvalue weighted by Crippen LogP contribution is -2.48. The van der Waals surface area contributed by atoms with Crippen LogP contribution in [0.5, 0.6) is 5.88 Å². The van der Waals surface area contributed by atoms with Gasteiger partial charge in [-0.1, -0.05) is 6.07 Å². The largest absolute Gasteiger partial charge is 0.481 e. The maximum atomic E-state index is 12.0. The first kappa shape index (κ1) is 21.5. The van der Waals surface area contributed by atoms with Crippen molar-refractivity contribution < 1.29 is 14.3 Å². The van der Waals surface area contributed by atoms with Crippen molar-refractivity contribution in [1.29, 1.82) is 0 Å². The summed E-state index contributed by atoms with van der Waals surface area (Å²) < 4.78 is 10.2. The quantitative estimate of drug-likeness (QED) is 0.313. The van der Waals surface area contributed by atoms with Gasteiger partial charge < -0.3 is 19.7 Å². The Bertz CT molecular complexity index is 566. The van der Waals surface area contributed by atoms with E-state index in [9.17, 15) is 4.79 Å². The van der Waals surface area contributed by atoms with E-state index < -0.39 is 0 Å². The minimum absolute atomic E-state index is 0. The topological polar surface area (TPSA) is 76.0 Å². The van der Waals surface area contributed by atoms with Crippen molar-refractivity contribution in [3.8, 4) is 5.88 Å². The van der Waals surface area contributed by atoms with E-state index in [1.165, 1.54) is 0 Å². The summed E-state index contributed by atoms with van der Waals surface area (Å²) in [6, 6.07) is 3.79. The Morgan fingerprint density at radius 2 is 2.28 bits per heavy atom. The number of hydrogen-bond acceptors (Lipinski definition) is 5. The van der Waals surface area contributed by atoms with Gasteiger partial charge in [0.2, 0.25) is 5.88 Å². The summed E-state index contributed by atoms with van der Waals surface area (Å²) in [5, 5.41) is 3.33. The molecular weight excluding hydrogens is 435 g/mol. The second kappa shape index (κ2) is 11.1. The first-order chi connectivity index (χ1) is 11.7. The molecule has 0 amide bonds. The molecule has 2 heterocycles. The van der Waals surface area contributed by atoms with Gasteiger partial charge in [0.1, 0.15) is 0 Å². The van der Waals surface area contributed by atoms with E-state index >= 15 is 0 Å². The summed E-state index contributed by atoms with van der Waals surface area (Å²) >= 11 is 0. The summed E-state index contributed by atoms with van der Waals surface area (Å²) in [4.78, 5) is 22.6. The van der Waals surface area contributed by atoms with Crippen molar-refractivity contribution in [2.24, 2.45) is 10.9 Å². The fraction of sp³-hybridized carbons (Fsp3) is 0.588. The Kier molecular flexibility index (Phi) is 9.54. The molecule has 2 rings (SSSR count). The number of carbonyl (C=O) groups is 1. The van der Waals surface area contributed by atoms with Gasteiger partial charge in [-0.15, -0.1) is 24.0 Å². The van der Waals surface area contributed by atoms with Crippen LogP contribution in [-0.2, 0) is 16.1 Å². The van der Waals surface area contributed by atoms with E-state index in [4.69, 9.17) is 9.47 Å². The summed E-state index contributed by atoms with van der Waals surface area (Å²) in [5.41, 5.74) is 1.04. The number of methoxy groups -OCH3 is 1. The van der Waals surface area contributed by atoms with Gasteiger partial charge in [0.05, 0.1) is 19.6 Å². The molecule has 0 bridgehead atoms. The molecule has 0 radical (unpaired) electrons. The van der Waals surface area contributed by atoms with Crippen LogP contribution in [-0.4, -0.2) is 55.7 Å². The summed E-state index contributed by atoms with van der Waals surface area (Å²) in [7, 11) is 3.35. The number of pyridine rings is 1. The molecule has 1 saturated heterocycles. The number of carbonyl (C=O) groups excluding carboxylic acids is 1. The molecular formula is C17H27IN4O3. The number of esters is 1. The lowest BCUT2D eigenvalue weighted by atomic mass is 9.98. The third-order valence-corrected chi connectivity index (χ3v) is 4.01. The lowest BCUT2D eigenvalue weighted by molar-refractivity contribution is -0.149. The summed E-state index contributed by atoms with van der Waals surface area (Å²) in [6.07, 6.45) is 3.60. The fourth-order valence-corrected chi connectivity index (χ4v) is 2.77. The number of aliphatic imine (C=N–C) groups is 1. The van der Waals surface area contributed by atoms with Crippen molar-refractivity contribution in [3.63, 3.8) is 0 Å². The highest BCUT2D eigenvalue weighted by atomic mass is 127. The number of likely N-dealkylation sites (tertiary alicyclic amines) is 1. The molecule has 1 aliphatic heterocycles. The van der Waals surface area contributed by atoms with Crippen LogP contribution < -0.4 is 10.1 Å². The van der Waals surface area contributed by atoms with E-state index in [0.717, 1.165) is 30.9 Å². The summed E-state index contributed by atoms with van der Waals surface area (Å²) in [6.45, 7) is 4.40. The van der Waals surface area contributed by atoms with Crippen molar-refractivity contribution in [3.05, 3.63) is 23.9 Å². The molecule has 1 aromatic rings. The third kappa shape index (κ3) is 6.33. The van der Waals surface area contributed by atoms with Crippen LogP contribution in [0.25, 0.3) is 0 Å². The average Bonchev–Trinajstić information content (AvgIpc) is 2.63. The fourth-order valence-electron chi connectivity index (χ4n) is 2.77. The molecule has 0 saturated carbocycles. The first-order valence-corrected chi connectivity index (χ1v) is 8.29. The van der Waals surface area contributed by atoms with E-state index in [-0.39, 0.29) is 35.9 Å². The van der Waals surface area contributed by atoms with E-state index in [1.54, 1.807) is 20.4 Å². The average molecular weight is 462 g/mol. The first-order valence-electron chi connectivity index (χ1n) is 8.29. The Morgan fingerprint density at radius 3 is 2.88 bits per heavy atom. The maximum absolute atomic E-state index is 12.0. The molecule has 7 nitrogen and oxygen atoms in total. The molecule has 1 unspecified atom stereocenters. The minimum Gasteiger partial charge on any atom is -0.481 e. The molecule has 8 heteroatoms. The number of ether oxygens (including phenoxy) is 2. The van der Waals surface area contributed by atoms with Gasteiger partial charge in [-0.3, -0.25) is 9.79 Å². The van der Waals surface area contributed by atoms with Crippen LogP contribution in [0.15, 0.2) is 23.3 Å². The SMILES string of the molecule is CCOC(=O)C1CCCN(C(=NC)NCc2ccc(OC)nc2)C1.I. The van der Waals surface area contributed by atoms with Crippen molar-refractivity contribution >= 4 is 35.9 Å². The number of nitrogens with one attached hydrogen (secondary N) is 1. The Labute approximate surface area is 166 Å². The molecule has 1 atom stereocenters. The van der Waals surface area contributed by atoms with Gasteiger partial charge in [0.25, 0.3) is 0 Å². The van der Waals surface area contributed by atoms with Crippen LogP contribution >= 0.6 is 24.0 Å². The highest BCUT2D eigenvalue weighted by Gasteiger charge is 2.28. The molecule has 0 spiro atoms. The molecule has 140 valence electrons. The van der Waals surface area contributed by atoms with Gasteiger partial charge in [-0.25, -0.2) is 4.98 Å². The minimum atomic E-state index is -0.114. The van der Waals surface area contributed by atoms with E-state index in [2.05, 4.69) is 20.2 Å². The number of piperidine rings is 1. The highest BCUT2D eigenvalue weighted by molar-refractivity contribution is 14.0. The molecule has 1 aliphatic rings. The molecule has 1 fully saturated rings. The molecule has 0 aromatic carbocycles. The number of aromatic nitrogens is 1. The Morgan fingerprint density at radius 1 is 1.48 bits per heavy atom. The number of hydrogen-bond donors (Lipinski definition) is 1. The number of halogens is 1. The van der Waals surface area contributed by atoms with Crippen LogP contribution in [0.1, 0.15) is 25.3 Å². The third-order valence-electron chi connectivity index (χ3n) is 4.01. The van der Waals surface area contributed by atoms with Crippen molar-refractivity contribution in [1.82, 2.24) is 15.2 Å². The normalized spacial score (nSPS) is 17.5. The van der Waals surface area contributed by atoms with Crippen LogP contribution in [0.2, 0.25) is 0 Å². The predicted octanol–water partition coefficient (Wildman–Crippen LogP) is 2.06. The van der Waals surface area contributed by atoms with Gasteiger partial charge in [-0.2, -0.15) is 0 Å². The van der Waals surface area contributed by atoms with Crippen molar-refractivity contribution in [2.45, 2.75) is 26.3 Å². The highest BCUT2D eigenvalue weighted by Crippen LogP contribution is 2.18. The zero-order valence-corrected chi connectivity index (χ0v) is 17.4. The standard InChI is InChI=1S/C17H26N4O3.HI/c1-4-24-16(22)14-6-5-9-21(12-14)17(18-2)20-11-13-7-8-15(23-3)19-10-13;/h7-8,10,14H,4-6,9,11-12H2,1-3H3,(H,18,20);1H. The maximum Gasteiger partial charge on any atom is 0.310 e.